The van der Waals surface area contributed by atoms with Crippen LogP contribution in [0.15, 0.2) is 0 Å². The Morgan fingerprint density at radius 2 is 1.89 bits per heavy atom. The van der Waals surface area contributed by atoms with E-state index in [2.05, 4.69) is 44.8 Å². The van der Waals surface area contributed by atoms with Crippen LogP contribution in [0.5, 0.6) is 0 Å². The maximum absolute atomic E-state index is 4.78. The van der Waals surface area contributed by atoms with Crippen LogP contribution in [0.25, 0.3) is 0 Å². The Labute approximate surface area is 122 Å². The monoisotopic (exact) mass is 283 g/mol. The molecule has 3 nitrogen and oxygen atoms in total. The lowest BCUT2D eigenvalue weighted by atomic mass is 10.0. The highest BCUT2D eigenvalue weighted by atomic mass is 32.1. The van der Waals surface area contributed by atoms with Crippen molar-refractivity contribution in [3.63, 3.8) is 0 Å². The molecule has 0 fully saturated rings. The van der Waals surface area contributed by atoms with Crippen LogP contribution in [0, 0.1) is 12.8 Å². The van der Waals surface area contributed by atoms with E-state index in [4.69, 9.17) is 4.98 Å². The van der Waals surface area contributed by atoms with Crippen molar-refractivity contribution in [2.75, 3.05) is 25.0 Å². The molecule has 1 heterocycles. The van der Waals surface area contributed by atoms with Gasteiger partial charge in [0.05, 0.1) is 5.69 Å². The maximum Gasteiger partial charge on any atom is 0.185 e. The van der Waals surface area contributed by atoms with Gasteiger partial charge >= 0.3 is 0 Å². The quantitative estimate of drug-likeness (QED) is 0.782. The first-order valence-corrected chi connectivity index (χ1v) is 8.28. The highest BCUT2D eigenvalue weighted by Gasteiger charge is 2.18. The van der Waals surface area contributed by atoms with E-state index in [9.17, 15) is 0 Å². The van der Waals surface area contributed by atoms with Crippen LogP contribution in [0.1, 0.15) is 57.1 Å². The van der Waals surface area contributed by atoms with Gasteiger partial charge in [-0.1, -0.05) is 26.7 Å². The second-order valence-corrected chi connectivity index (χ2v) is 6.19. The summed E-state index contributed by atoms with van der Waals surface area (Å²) in [6.45, 7) is 13.3. The molecule has 1 atom stereocenters. The molecule has 110 valence electrons. The molecule has 0 saturated heterocycles. The van der Waals surface area contributed by atoms with Crippen LogP contribution in [0.4, 0.5) is 5.13 Å². The first kappa shape index (κ1) is 16.4. The van der Waals surface area contributed by atoms with Crippen molar-refractivity contribution in [2.45, 2.75) is 53.5 Å². The number of rotatable bonds is 8. The normalized spacial score (nSPS) is 13.0. The predicted molar refractivity (Wildman–Crippen MR) is 86.3 cm³/mol. The number of anilines is 1. The average molecular weight is 283 g/mol. The molecule has 0 spiro atoms. The summed E-state index contributed by atoms with van der Waals surface area (Å²) < 4.78 is 0. The van der Waals surface area contributed by atoms with E-state index < -0.39 is 0 Å². The van der Waals surface area contributed by atoms with Gasteiger partial charge in [0.1, 0.15) is 0 Å². The van der Waals surface area contributed by atoms with Gasteiger partial charge in [0.15, 0.2) is 5.13 Å². The molecule has 0 aliphatic rings. The predicted octanol–water partition coefficient (Wildman–Crippen LogP) is 3.99. The summed E-state index contributed by atoms with van der Waals surface area (Å²) in [6.07, 6.45) is 2.49. The third kappa shape index (κ3) is 4.18. The zero-order valence-corrected chi connectivity index (χ0v) is 14.1. The fourth-order valence-corrected chi connectivity index (χ4v) is 3.46. The lowest BCUT2D eigenvalue weighted by Crippen LogP contribution is -2.28. The summed E-state index contributed by atoms with van der Waals surface area (Å²) in [6, 6.07) is 0.387. The zero-order chi connectivity index (χ0) is 14.4. The van der Waals surface area contributed by atoms with E-state index in [0.717, 1.165) is 19.0 Å². The van der Waals surface area contributed by atoms with Gasteiger partial charge < -0.3 is 10.2 Å². The van der Waals surface area contributed by atoms with Crippen LogP contribution in [-0.4, -0.2) is 25.1 Å². The van der Waals surface area contributed by atoms with Crippen molar-refractivity contribution in [2.24, 2.45) is 5.92 Å². The summed E-state index contributed by atoms with van der Waals surface area (Å²) in [5.41, 5.74) is 1.17. The van der Waals surface area contributed by atoms with Crippen molar-refractivity contribution in [3.05, 3.63) is 10.6 Å². The van der Waals surface area contributed by atoms with E-state index >= 15 is 0 Å². The molecule has 1 aromatic rings. The Morgan fingerprint density at radius 1 is 1.26 bits per heavy atom. The van der Waals surface area contributed by atoms with E-state index in [1.54, 1.807) is 0 Å². The summed E-state index contributed by atoms with van der Waals surface area (Å²) in [5, 5.41) is 4.49. The molecule has 0 radical (unpaired) electrons. The largest absolute Gasteiger partial charge is 0.348 e. The minimum absolute atomic E-state index is 0.387. The van der Waals surface area contributed by atoms with Crippen LogP contribution >= 0.6 is 11.3 Å². The fraction of sp³-hybridized carbons (Fsp3) is 0.800. The van der Waals surface area contributed by atoms with Crippen molar-refractivity contribution in [1.82, 2.24) is 10.3 Å². The summed E-state index contributed by atoms with van der Waals surface area (Å²) in [7, 11) is 2.01. The summed E-state index contributed by atoms with van der Waals surface area (Å²) >= 11 is 1.84. The molecule has 4 heteroatoms. The van der Waals surface area contributed by atoms with E-state index in [1.807, 2.05) is 18.4 Å². The van der Waals surface area contributed by atoms with E-state index in [1.165, 1.54) is 28.5 Å². The van der Waals surface area contributed by atoms with E-state index in [0.29, 0.717) is 6.04 Å². The minimum atomic E-state index is 0.387. The molecule has 0 saturated carbocycles. The Bertz CT molecular complexity index is 371. The molecule has 0 aliphatic heterocycles. The smallest absolute Gasteiger partial charge is 0.185 e. The Balaban J connectivity index is 2.87. The molecular formula is C15H29N3S. The van der Waals surface area contributed by atoms with Gasteiger partial charge in [0.25, 0.3) is 0 Å². The standard InChI is InChI=1S/C15H29N3S/c1-7-13(8-2)10-18(9-3)15-17-12(5)14(19-15)11(4)16-6/h11,13,16H,7-10H2,1-6H3. The molecule has 1 unspecified atom stereocenters. The summed E-state index contributed by atoms with van der Waals surface area (Å²) in [5.74, 6) is 0.773. The minimum Gasteiger partial charge on any atom is -0.348 e. The number of nitrogens with one attached hydrogen (secondary N) is 1. The first-order valence-electron chi connectivity index (χ1n) is 7.46. The second kappa shape index (κ2) is 7.85. The SMILES string of the molecule is CCC(CC)CN(CC)c1nc(C)c(C(C)NC)s1. The van der Waals surface area contributed by atoms with E-state index in [-0.39, 0.29) is 0 Å². The lowest BCUT2D eigenvalue weighted by Gasteiger charge is -2.24. The Morgan fingerprint density at radius 3 is 2.37 bits per heavy atom. The van der Waals surface area contributed by atoms with Gasteiger partial charge in [0.2, 0.25) is 0 Å². The van der Waals surface area contributed by atoms with Crippen LogP contribution in [-0.2, 0) is 0 Å². The van der Waals surface area contributed by atoms with Crippen molar-refractivity contribution >= 4 is 16.5 Å². The van der Waals surface area contributed by atoms with Crippen LogP contribution in [0.3, 0.4) is 0 Å². The molecule has 1 N–H and O–H groups in total. The van der Waals surface area contributed by atoms with Gasteiger partial charge in [-0.25, -0.2) is 4.98 Å². The number of aromatic nitrogens is 1. The topological polar surface area (TPSA) is 28.2 Å². The zero-order valence-electron chi connectivity index (χ0n) is 13.3. The molecule has 0 amide bonds. The molecular weight excluding hydrogens is 254 g/mol. The van der Waals surface area contributed by atoms with Gasteiger partial charge in [-0.05, 0) is 33.7 Å². The highest BCUT2D eigenvalue weighted by molar-refractivity contribution is 7.15. The number of hydrogen-bond acceptors (Lipinski definition) is 4. The molecule has 0 aromatic carbocycles. The molecule has 0 bridgehead atoms. The highest BCUT2D eigenvalue weighted by Crippen LogP contribution is 2.31. The molecule has 0 aliphatic carbocycles. The van der Waals surface area contributed by atoms with Crippen LogP contribution < -0.4 is 10.2 Å². The number of thiazole rings is 1. The maximum atomic E-state index is 4.78. The number of hydrogen-bond donors (Lipinski definition) is 1. The third-order valence-corrected chi connectivity index (χ3v) is 5.33. The lowest BCUT2D eigenvalue weighted by molar-refractivity contribution is 0.486. The van der Waals surface area contributed by atoms with Gasteiger partial charge in [-0.15, -0.1) is 11.3 Å². The van der Waals surface area contributed by atoms with Crippen molar-refractivity contribution in [1.29, 1.82) is 0 Å². The van der Waals surface area contributed by atoms with Gasteiger partial charge in [-0.3, -0.25) is 0 Å². The number of nitrogens with zero attached hydrogens (tertiary/aromatic N) is 2. The van der Waals surface area contributed by atoms with Crippen LogP contribution in [0.2, 0.25) is 0 Å². The molecule has 19 heavy (non-hydrogen) atoms. The van der Waals surface area contributed by atoms with Gasteiger partial charge in [-0.2, -0.15) is 0 Å². The van der Waals surface area contributed by atoms with Crippen molar-refractivity contribution < 1.29 is 0 Å². The number of aryl methyl sites for hydroxylation is 1. The fourth-order valence-electron chi connectivity index (χ4n) is 2.26. The van der Waals surface area contributed by atoms with Gasteiger partial charge in [0, 0.05) is 24.0 Å². The molecule has 1 rings (SSSR count). The first-order chi connectivity index (χ1) is 9.07. The third-order valence-electron chi connectivity index (χ3n) is 3.93. The Hall–Kier alpha value is -0.610. The summed E-state index contributed by atoms with van der Waals surface area (Å²) in [4.78, 5) is 8.57. The Kier molecular flexibility index (Phi) is 6.80. The average Bonchev–Trinajstić information content (AvgIpc) is 2.81. The molecule has 1 aromatic heterocycles. The second-order valence-electron chi connectivity index (χ2n) is 5.18. The van der Waals surface area contributed by atoms with Crippen molar-refractivity contribution in [3.8, 4) is 0 Å².